The van der Waals surface area contributed by atoms with Crippen LogP contribution in [0.15, 0.2) is 24.3 Å². The molecular weight excluding hydrogens is 242 g/mol. The number of nitrogen functional groups attached to an aromatic ring is 1. The molecule has 0 aliphatic heterocycles. The summed E-state index contributed by atoms with van der Waals surface area (Å²) in [5.41, 5.74) is 7.00. The number of carbonyl (C=O) groups is 1. The molecule has 0 heterocycles. The van der Waals surface area contributed by atoms with Crippen LogP contribution in [-0.2, 0) is 4.79 Å². The highest BCUT2D eigenvalue weighted by Gasteiger charge is 2.13. The molecule has 0 unspecified atom stereocenters. The molecule has 106 valence electrons. The van der Waals surface area contributed by atoms with Crippen LogP contribution in [-0.4, -0.2) is 41.7 Å². The first-order chi connectivity index (χ1) is 9.02. The maximum Gasteiger partial charge on any atom is 0.238 e. The summed E-state index contributed by atoms with van der Waals surface area (Å²) in [6.45, 7) is 5.25. The third-order valence-corrected chi connectivity index (χ3v) is 2.87. The zero-order chi connectivity index (χ0) is 14.3. The summed E-state index contributed by atoms with van der Waals surface area (Å²) >= 11 is 0. The number of nitrogens with one attached hydrogen (secondary N) is 1. The maximum atomic E-state index is 11.9. The Kier molecular flexibility index (Phi) is 6.32. The predicted molar refractivity (Wildman–Crippen MR) is 77.9 cm³/mol. The van der Waals surface area contributed by atoms with Crippen LogP contribution >= 0.6 is 0 Å². The zero-order valence-electron chi connectivity index (χ0n) is 11.6. The van der Waals surface area contributed by atoms with Gasteiger partial charge in [-0.1, -0.05) is 0 Å². The molecule has 0 saturated carbocycles. The van der Waals surface area contributed by atoms with Crippen LogP contribution in [0.2, 0.25) is 0 Å². The Morgan fingerprint density at radius 1 is 1.37 bits per heavy atom. The van der Waals surface area contributed by atoms with Crippen LogP contribution in [0.3, 0.4) is 0 Å². The lowest BCUT2D eigenvalue weighted by Gasteiger charge is -2.25. The average molecular weight is 265 g/mol. The summed E-state index contributed by atoms with van der Waals surface area (Å²) in [5.74, 6) is -0.0589. The van der Waals surface area contributed by atoms with Crippen molar-refractivity contribution in [2.75, 3.05) is 30.7 Å². The third-order valence-electron chi connectivity index (χ3n) is 2.87. The van der Waals surface area contributed by atoms with Gasteiger partial charge in [0.25, 0.3) is 0 Å². The first-order valence-corrected chi connectivity index (χ1v) is 6.53. The van der Waals surface area contributed by atoms with Crippen molar-refractivity contribution < 1.29 is 9.90 Å². The summed E-state index contributed by atoms with van der Waals surface area (Å²) in [7, 11) is 0. The average Bonchev–Trinajstić information content (AvgIpc) is 2.37. The van der Waals surface area contributed by atoms with E-state index >= 15 is 0 Å². The van der Waals surface area contributed by atoms with Gasteiger partial charge in [-0.3, -0.25) is 9.69 Å². The minimum absolute atomic E-state index is 0.0589. The SMILES string of the molecule is CC(C)N(CCCO)CC(=O)Nc1ccc(N)cc1. The van der Waals surface area contributed by atoms with Gasteiger partial charge in [-0.05, 0) is 44.5 Å². The zero-order valence-corrected chi connectivity index (χ0v) is 11.6. The van der Waals surface area contributed by atoms with Crippen LogP contribution in [0.5, 0.6) is 0 Å². The Balaban J connectivity index is 2.50. The number of anilines is 2. The number of hydrogen-bond donors (Lipinski definition) is 3. The van der Waals surface area contributed by atoms with E-state index in [4.69, 9.17) is 10.8 Å². The fourth-order valence-electron chi connectivity index (χ4n) is 1.75. The Hall–Kier alpha value is -1.59. The van der Waals surface area contributed by atoms with Crippen molar-refractivity contribution in [3.63, 3.8) is 0 Å². The molecular formula is C14H23N3O2. The molecule has 0 aliphatic rings. The fraction of sp³-hybridized carbons (Fsp3) is 0.500. The molecule has 0 bridgehead atoms. The van der Waals surface area contributed by atoms with Gasteiger partial charge in [-0.2, -0.15) is 0 Å². The topological polar surface area (TPSA) is 78.6 Å². The molecule has 0 aliphatic carbocycles. The van der Waals surface area contributed by atoms with Gasteiger partial charge >= 0.3 is 0 Å². The van der Waals surface area contributed by atoms with Crippen LogP contribution in [0, 0.1) is 0 Å². The second kappa shape index (κ2) is 7.76. The van der Waals surface area contributed by atoms with Gasteiger partial charge in [-0.25, -0.2) is 0 Å². The van der Waals surface area contributed by atoms with Gasteiger partial charge < -0.3 is 16.2 Å². The summed E-state index contributed by atoms with van der Waals surface area (Å²) < 4.78 is 0. The van der Waals surface area contributed by atoms with Gasteiger partial charge in [0.2, 0.25) is 5.91 Å². The highest BCUT2D eigenvalue weighted by Crippen LogP contribution is 2.10. The second-order valence-corrected chi connectivity index (χ2v) is 4.81. The number of rotatable bonds is 7. The van der Waals surface area contributed by atoms with Gasteiger partial charge in [0.15, 0.2) is 0 Å². The Morgan fingerprint density at radius 2 is 2.00 bits per heavy atom. The number of aliphatic hydroxyl groups is 1. The summed E-state index contributed by atoms with van der Waals surface area (Å²) in [4.78, 5) is 14.0. The minimum Gasteiger partial charge on any atom is -0.399 e. The Morgan fingerprint density at radius 3 is 2.53 bits per heavy atom. The van der Waals surface area contributed by atoms with Gasteiger partial charge in [-0.15, -0.1) is 0 Å². The number of nitrogens with zero attached hydrogens (tertiary/aromatic N) is 1. The number of aliphatic hydroxyl groups excluding tert-OH is 1. The van der Waals surface area contributed by atoms with Gasteiger partial charge in [0.1, 0.15) is 0 Å². The number of hydrogen-bond acceptors (Lipinski definition) is 4. The van der Waals surface area contributed by atoms with E-state index in [1.54, 1.807) is 24.3 Å². The summed E-state index contributed by atoms with van der Waals surface area (Å²) in [5, 5.41) is 11.7. The third kappa shape index (κ3) is 5.72. The van der Waals surface area contributed by atoms with Crippen LogP contribution in [0.25, 0.3) is 0 Å². The molecule has 1 rings (SSSR count). The van der Waals surface area contributed by atoms with Crippen molar-refractivity contribution in [2.45, 2.75) is 26.3 Å². The molecule has 0 saturated heterocycles. The van der Waals surface area contributed by atoms with E-state index in [0.717, 1.165) is 5.69 Å². The van der Waals surface area contributed by atoms with E-state index in [2.05, 4.69) is 5.32 Å². The molecule has 5 nitrogen and oxygen atoms in total. The molecule has 0 atom stereocenters. The number of benzene rings is 1. The standard InChI is InChI=1S/C14H23N3O2/c1-11(2)17(8-3-9-18)10-14(19)16-13-6-4-12(15)5-7-13/h4-7,11,18H,3,8-10,15H2,1-2H3,(H,16,19). The van der Waals surface area contributed by atoms with E-state index in [0.29, 0.717) is 25.2 Å². The fourth-order valence-corrected chi connectivity index (χ4v) is 1.75. The molecule has 1 aromatic rings. The number of carbonyl (C=O) groups excluding carboxylic acids is 1. The lowest BCUT2D eigenvalue weighted by atomic mass is 10.2. The molecule has 0 fully saturated rings. The largest absolute Gasteiger partial charge is 0.399 e. The molecule has 0 spiro atoms. The monoisotopic (exact) mass is 265 g/mol. The van der Waals surface area contributed by atoms with Crippen molar-refractivity contribution in [1.29, 1.82) is 0 Å². The minimum atomic E-state index is -0.0589. The van der Waals surface area contributed by atoms with Gasteiger partial charge in [0, 0.05) is 30.6 Å². The van der Waals surface area contributed by atoms with Crippen LogP contribution in [0.4, 0.5) is 11.4 Å². The van der Waals surface area contributed by atoms with E-state index < -0.39 is 0 Å². The Bertz CT molecular complexity index is 390. The van der Waals surface area contributed by atoms with Crippen LogP contribution in [0.1, 0.15) is 20.3 Å². The molecule has 4 N–H and O–H groups in total. The normalized spacial score (nSPS) is 11.0. The number of nitrogens with two attached hydrogens (primary N) is 1. The first-order valence-electron chi connectivity index (χ1n) is 6.53. The quantitative estimate of drug-likeness (QED) is 0.649. The summed E-state index contributed by atoms with van der Waals surface area (Å²) in [6.07, 6.45) is 0.674. The van der Waals surface area contributed by atoms with E-state index in [9.17, 15) is 4.79 Å². The van der Waals surface area contributed by atoms with Crippen molar-refractivity contribution in [3.8, 4) is 0 Å². The maximum absolute atomic E-state index is 11.9. The smallest absolute Gasteiger partial charge is 0.238 e. The molecule has 1 amide bonds. The molecule has 0 aromatic heterocycles. The van der Waals surface area contributed by atoms with Crippen molar-refractivity contribution in [3.05, 3.63) is 24.3 Å². The lowest BCUT2D eigenvalue weighted by Crippen LogP contribution is -2.38. The Labute approximate surface area is 114 Å². The highest BCUT2D eigenvalue weighted by atomic mass is 16.3. The van der Waals surface area contributed by atoms with E-state index in [1.807, 2.05) is 18.7 Å². The predicted octanol–water partition coefficient (Wildman–Crippen LogP) is 1.30. The molecule has 5 heteroatoms. The van der Waals surface area contributed by atoms with Crippen molar-refractivity contribution in [2.24, 2.45) is 0 Å². The number of amides is 1. The van der Waals surface area contributed by atoms with Crippen molar-refractivity contribution in [1.82, 2.24) is 4.90 Å². The van der Waals surface area contributed by atoms with E-state index in [1.165, 1.54) is 0 Å². The van der Waals surface area contributed by atoms with Crippen LogP contribution < -0.4 is 11.1 Å². The highest BCUT2D eigenvalue weighted by molar-refractivity contribution is 5.92. The molecule has 1 aromatic carbocycles. The molecule has 0 radical (unpaired) electrons. The second-order valence-electron chi connectivity index (χ2n) is 4.81. The lowest BCUT2D eigenvalue weighted by molar-refractivity contribution is -0.117. The first kappa shape index (κ1) is 15.5. The van der Waals surface area contributed by atoms with Gasteiger partial charge in [0.05, 0.1) is 6.54 Å². The van der Waals surface area contributed by atoms with Crippen molar-refractivity contribution >= 4 is 17.3 Å². The summed E-state index contributed by atoms with van der Waals surface area (Å²) in [6, 6.07) is 7.33. The molecule has 19 heavy (non-hydrogen) atoms. The van der Waals surface area contributed by atoms with E-state index in [-0.39, 0.29) is 18.6 Å².